The third-order valence-electron chi connectivity index (χ3n) is 4.95. The summed E-state index contributed by atoms with van der Waals surface area (Å²) in [4.78, 5) is 14.8. The monoisotopic (exact) mass is 485 g/mol. The molecule has 1 aliphatic heterocycles. The second-order valence-corrected chi connectivity index (χ2v) is 7.25. The number of nitrogens with zero attached hydrogens (tertiary/aromatic N) is 2. The molecule has 0 atom stereocenters. The van der Waals surface area contributed by atoms with Gasteiger partial charge in [0, 0.05) is 37.6 Å². The number of carbonyl (C=O) groups excluding carboxylic acids is 1. The van der Waals surface area contributed by atoms with Gasteiger partial charge in [0.05, 0.1) is 16.7 Å². The van der Waals surface area contributed by atoms with Crippen molar-refractivity contribution in [1.82, 2.24) is 4.90 Å². The summed E-state index contributed by atoms with van der Waals surface area (Å²) in [7, 11) is 0. The van der Waals surface area contributed by atoms with Gasteiger partial charge in [-0.3, -0.25) is 0 Å². The number of urea groups is 1. The van der Waals surface area contributed by atoms with Crippen molar-refractivity contribution in [2.24, 2.45) is 0 Å². The van der Waals surface area contributed by atoms with E-state index in [2.05, 4.69) is 5.32 Å². The van der Waals surface area contributed by atoms with Crippen LogP contribution in [0.5, 0.6) is 0 Å². The quantitative estimate of drug-likeness (QED) is 0.522. The second-order valence-electron chi connectivity index (χ2n) is 7.25. The number of rotatable bonds is 2. The molecule has 2 amide bonds. The first-order chi connectivity index (χ1) is 15.1. The van der Waals surface area contributed by atoms with Gasteiger partial charge < -0.3 is 15.1 Å². The topological polar surface area (TPSA) is 35.6 Å². The molecule has 180 valence electrons. The van der Waals surface area contributed by atoms with Gasteiger partial charge in [0.1, 0.15) is 0 Å². The van der Waals surface area contributed by atoms with E-state index in [0.29, 0.717) is 12.1 Å². The molecule has 2 aromatic rings. The molecule has 2 aromatic carbocycles. The third-order valence-corrected chi connectivity index (χ3v) is 4.95. The Morgan fingerprint density at radius 2 is 1.21 bits per heavy atom. The summed E-state index contributed by atoms with van der Waals surface area (Å²) in [6.45, 7) is -0.284. The zero-order chi connectivity index (χ0) is 24.6. The van der Waals surface area contributed by atoms with Crippen molar-refractivity contribution in [3.8, 4) is 0 Å². The Morgan fingerprint density at radius 3 is 1.70 bits per heavy atom. The number of piperazine rings is 1. The van der Waals surface area contributed by atoms with Crippen molar-refractivity contribution >= 4 is 17.4 Å². The van der Waals surface area contributed by atoms with Gasteiger partial charge in [0.15, 0.2) is 0 Å². The highest BCUT2D eigenvalue weighted by Gasteiger charge is 2.38. The van der Waals surface area contributed by atoms with E-state index in [9.17, 15) is 44.3 Å². The van der Waals surface area contributed by atoms with Crippen LogP contribution in [0.1, 0.15) is 16.7 Å². The van der Waals surface area contributed by atoms with E-state index >= 15 is 0 Å². The van der Waals surface area contributed by atoms with Crippen LogP contribution in [-0.4, -0.2) is 37.1 Å². The number of hydrogen-bond donors (Lipinski definition) is 1. The van der Waals surface area contributed by atoms with Crippen LogP contribution in [0.15, 0.2) is 42.5 Å². The molecule has 3 rings (SSSR count). The highest BCUT2D eigenvalue weighted by molar-refractivity contribution is 5.89. The lowest BCUT2D eigenvalue weighted by atomic mass is 10.1. The Morgan fingerprint density at radius 1 is 0.697 bits per heavy atom. The van der Waals surface area contributed by atoms with Crippen LogP contribution in [0.4, 0.5) is 55.7 Å². The van der Waals surface area contributed by atoms with Gasteiger partial charge in [-0.1, -0.05) is 6.07 Å². The van der Waals surface area contributed by atoms with Crippen LogP contribution in [0, 0.1) is 0 Å². The molecule has 0 spiro atoms. The molecule has 33 heavy (non-hydrogen) atoms. The average molecular weight is 485 g/mol. The highest BCUT2D eigenvalue weighted by Crippen LogP contribution is 2.38. The summed E-state index contributed by atoms with van der Waals surface area (Å²) in [6.07, 6.45) is -14.6. The molecule has 0 bridgehead atoms. The Labute approximate surface area is 181 Å². The van der Waals surface area contributed by atoms with Crippen molar-refractivity contribution in [3.63, 3.8) is 0 Å². The molecular weight excluding hydrogens is 469 g/mol. The average Bonchev–Trinajstić information content (AvgIpc) is 2.72. The molecular formula is C20H16F9N3O. The predicted molar refractivity (Wildman–Crippen MR) is 101 cm³/mol. The molecule has 1 aliphatic rings. The molecule has 1 saturated heterocycles. The maximum absolute atomic E-state index is 13.1. The Balaban J connectivity index is 1.70. The van der Waals surface area contributed by atoms with E-state index < -0.39 is 41.3 Å². The molecule has 13 heteroatoms. The van der Waals surface area contributed by atoms with Crippen molar-refractivity contribution in [1.29, 1.82) is 0 Å². The lowest BCUT2D eigenvalue weighted by Gasteiger charge is -2.36. The molecule has 1 heterocycles. The fourth-order valence-corrected chi connectivity index (χ4v) is 3.26. The Hall–Kier alpha value is -3.12. The van der Waals surface area contributed by atoms with E-state index in [4.69, 9.17) is 0 Å². The van der Waals surface area contributed by atoms with E-state index in [0.717, 1.165) is 18.2 Å². The van der Waals surface area contributed by atoms with Crippen molar-refractivity contribution in [2.45, 2.75) is 18.5 Å². The molecule has 0 aromatic heterocycles. The third kappa shape index (κ3) is 6.02. The normalized spacial score (nSPS) is 15.5. The summed E-state index contributed by atoms with van der Waals surface area (Å²) >= 11 is 0. The van der Waals surface area contributed by atoms with Gasteiger partial charge in [-0.25, -0.2) is 4.79 Å². The maximum Gasteiger partial charge on any atom is 0.416 e. The van der Waals surface area contributed by atoms with E-state index in [1.807, 2.05) is 0 Å². The highest BCUT2D eigenvalue weighted by atomic mass is 19.4. The van der Waals surface area contributed by atoms with E-state index in [1.54, 1.807) is 0 Å². The van der Waals surface area contributed by atoms with Gasteiger partial charge in [-0.2, -0.15) is 39.5 Å². The van der Waals surface area contributed by atoms with Gasteiger partial charge in [0.2, 0.25) is 0 Å². The number of benzene rings is 2. The zero-order valence-corrected chi connectivity index (χ0v) is 16.6. The number of amides is 2. The van der Waals surface area contributed by atoms with E-state index in [1.165, 1.54) is 15.9 Å². The summed E-state index contributed by atoms with van der Waals surface area (Å²) in [6, 6.07) is 4.44. The molecule has 0 unspecified atom stereocenters. The van der Waals surface area contributed by atoms with Crippen LogP contribution in [0.2, 0.25) is 0 Å². The first-order valence-electron chi connectivity index (χ1n) is 9.42. The number of nitrogens with one attached hydrogen (secondary N) is 1. The van der Waals surface area contributed by atoms with Crippen LogP contribution in [0.25, 0.3) is 0 Å². The molecule has 0 radical (unpaired) electrons. The molecule has 1 fully saturated rings. The fraction of sp³-hybridized carbons (Fsp3) is 0.350. The Kier molecular flexibility index (Phi) is 6.44. The van der Waals surface area contributed by atoms with Crippen LogP contribution < -0.4 is 10.2 Å². The molecule has 4 nitrogen and oxygen atoms in total. The van der Waals surface area contributed by atoms with Crippen molar-refractivity contribution < 1.29 is 44.3 Å². The molecule has 0 saturated carbocycles. The van der Waals surface area contributed by atoms with Gasteiger partial charge in [-0.15, -0.1) is 0 Å². The minimum absolute atomic E-state index is 0.0300. The van der Waals surface area contributed by atoms with Crippen molar-refractivity contribution in [3.05, 3.63) is 59.2 Å². The lowest BCUT2D eigenvalue weighted by molar-refractivity contribution is -0.143. The minimum Gasteiger partial charge on any atom is -0.368 e. The first kappa shape index (κ1) is 24.5. The largest absolute Gasteiger partial charge is 0.416 e. The number of hydrogen-bond acceptors (Lipinski definition) is 2. The first-order valence-corrected chi connectivity index (χ1v) is 9.42. The maximum atomic E-state index is 13.1. The number of carbonyl (C=O) groups is 1. The Bertz CT molecular complexity index is 975. The number of anilines is 2. The minimum atomic E-state index is -4.98. The summed E-state index contributed by atoms with van der Waals surface area (Å²) in [5, 5.41) is 2.31. The predicted octanol–water partition coefficient (Wildman–Crippen LogP) is 6.10. The SMILES string of the molecule is O=C(Nc1cccc(C(F)(F)F)c1)N1CCN(c2cc(C(F)(F)F)cc(C(F)(F)F)c2)CC1. The van der Waals surface area contributed by atoms with Crippen molar-refractivity contribution in [2.75, 3.05) is 36.4 Å². The number of halogens is 9. The fourth-order valence-electron chi connectivity index (χ4n) is 3.26. The summed E-state index contributed by atoms with van der Waals surface area (Å²) < 4.78 is 117. The van der Waals surface area contributed by atoms with Gasteiger partial charge >= 0.3 is 24.6 Å². The smallest absolute Gasteiger partial charge is 0.368 e. The standard InChI is InChI=1S/C20H16F9N3O/c21-18(22,23)12-2-1-3-15(9-12)30-17(33)32-6-4-31(5-7-32)16-10-13(19(24,25)26)8-14(11-16)20(27,28)29/h1-3,8-11H,4-7H2,(H,30,33). The van der Waals surface area contributed by atoms with E-state index in [-0.39, 0.29) is 43.6 Å². The van der Waals surface area contributed by atoms with Crippen LogP contribution in [-0.2, 0) is 18.5 Å². The zero-order valence-electron chi connectivity index (χ0n) is 16.6. The number of alkyl halides is 9. The van der Waals surface area contributed by atoms with Crippen LogP contribution in [0.3, 0.4) is 0 Å². The lowest BCUT2D eigenvalue weighted by Crippen LogP contribution is -2.50. The molecule has 1 N–H and O–H groups in total. The second kappa shape index (κ2) is 8.67. The summed E-state index contributed by atoms with van der Waals surface area (Å²) in [5.41, 5.74) is -4.26. The van der Waals surface area contributed by atoms with Gasteiger partial charge in [-0.05, 0) is 36.4 Å². The van der Waals surface area contributed by atoms with Gasteiger partial charge in [0.25, 0.3) is 0 Å². The molecule has 0 aliphatic carbocycles. The van der Waals surface area contributed by atoms with Crippen LogP contribution >= 0.6 is 0 Å². The summed E-state index contributed by atoms with van der Waals surface area (Å²) in [5.74, 6) is 0.